The van der Waals surface area contributed by atoms with Crippen molar-refractivity contribution in [2.45, 2.75) is 20.8 Å². The molecule has 0 fully saturated rings. The van der Waals surface area contributed by atoms with Crippen molar-refractivity contribution >= 4 is 35.0 Å². The Morgan fingerprint density at radius 3 is 2.56 bits per heavy atom. The molecule has 1 aromatic heterocycles. The Morgan fingerprint density at radius 1 is 1.16 bits per heavy atom. The molecular formula is C23H25FN4O3S. The predicted molar refractivity (Wildman–Crippen MR) is 128 cm³/mol. The highest BCUT2D eigenvalue weighted by Crippen LogP contribution is 2.35. The summed E-state index contributed by atoms with van der Waals surface area (Å²) in [6.07, 6.45) is 0. The highest BCUT2D eigenvalue weighted by atomic mass is 32.2. The van der Waals surface area contributed by atoms with Crippen LogP contribution in [0.5, 0.6) is 11.5 Å². The van der Waals surface area contributed by atoms with Crippen LogP contribution in [0.25, 0.3) is 0 Å². The molecule has 0 spiro atoms. The number of amides is 1. The fourth-order valence-corrected chi connectivity index (χ4v) is 3.61. The van der Waals surface area contributed by atoms with Crippen LogP contribution in [0, 0.1) is 19.7 Å². The lowest BCUT2D eigenvalue weighted by atomic mass is 10.1. The second-order valence-corrected chi connectivity index (χ2v) is 8.24. The molecule has 32 heavy (non-hydrogen) atoms. The van der Waals surface area contributed by atoms with Gasteiger partial charge in [-0.15, -0.1) is 0 Å². The number of nitrogens with one attached hydrogen (secondary N) is 2. The van der Waals surface area contributed by atoms with Gasteiger partial charge in [-0.2, -0.15) is 0 Å². The molecular weight excluding hydrogens is 431 g/mol. The van der Waals surface area contributed by atoms with E-state index in [-0.39, 0.29) is 22.8 Å². The molecule has 0 saturated carbocycles. The number of hydrogen-bond donors (Lipinski definition) is 3. The van der Waals surface area contributed by atoms with Crippen molar-refractivity contribution in [2.75, 3.05) is 15.8 Å². The van der Waals surface area contributed by atoms with Gasteiger partial charge >= 0.3 is 0 Å². The maximum Gasteiger partial charge on any atom is 0.256 e. The molecule has 7 nitrogen and oxygen atoms in total. The maximum absolute atomic E-state index is 14.4. The van der Waals surface area contributed by atoms with Crippen molar-refractivity contribution in [2.24, 2.45) is 12.8 Å². The van der Waals surface area contributed by atoms with Crippen molar-refractivity contribution in [3.8, 4) is 11.5 Å². The van der Waals surface area contributed by atoms with Gasteiger partial charge in [-0.25, -0.2) is 4.39 Å². The van der Waals surface area contributed by atoms with Crippen LogP contribution < -0.4 is 26.1 Å². The first-order valence-electron chi connectivity index (χ1n) is 9.95. The van der Waals surface area contributed by atoms with E-state index < -0.39 is 17.3 Å². The van der Waals surface area contributed by atoms with Gasteiger partial charge in [0.2, 0.25) is 0 Å². The Kier molecular flexibility index (Phi) is 7.09. The molecule has 0 aliphatic heterocycles. The lowest BCUT2D eigenvalue weighted by molar-refractivity contribution is 0.0998. The molecule has 2 aromatic carbocycles. The largest absolute Gasteiger partial charge is 0.456 e. The highest BCUT2D eigenvalue weighted by Gasteiger charge is 2.22. The monoisotopic (exact) mass is 456 g/mol. The van der Waals surface area contributed by atoms with Crippen LogP contribution in [0.1, 0.15) is 28.4 Å². The van der Waals surface area contributed by atoms with E-state index in [0.717, 1.165) is 22.6 Å². The zero-order chi connectivity index (χ0) is 23.4. The number of carbonyl (C=O) groups excluding carboxylic acids is 1. The van der Waals surface area contributed by atoms with E-state index in [1.165, 1.54) is 41.8 Å². The number of pyridine rings is 1. The van der Waals surface area contributed by atoms with E-state index in [1.807, 2.05) is 19.9 Å². The zero-order valence-corrected chi connectivity index (χ0v) is 19.1. The number of nitrogens with two attached hydrogens (primary N) is 1. The van der Waals surface area contributed by atoms with E-state index in [0.29, 0.717) is 5.75 Å². The summed E-state index contributed by atoms with van der Waals surface area (Å²) in [5, 5.41) is 2.83. The first-order valence-corrected chi connectivity index (χ1v) is 10.9. The number of carbonyl (C=O) groups is 1. The number of anilines is 3. The molecule has 0 aliphatic carbocycles. The van der Waals surface area contributed by atoms with Crippen molar-refractivity contribution in [3.05, 3.63) is 75.3 Å². The summed E-state index contributed by atoms with van der Waals surface area (Å²) in [4.78, 5) is 25.0. The van der Waals surface area contributed by atoms with Gasteiger partial charge in [-0.05, 0) is 43.7 Å². The molecule has 1 amide bonds. The Bertz CT molecular complexity index is 1230. The molecule has 0 saturated heterocycles. The average Bonchev–Trinajstić information content (AvgIpc) is 2.73. The smallest absolute Gasteiger partial charge is 0.256 e. The SMILES string of the molecule is CCSNc1cccc(Oc2cc(=O)n(C)c(Nc3ccc(C)cc3F)c2C(N)=O)c1C. The van der Waals surface area contributed by atoms with Gasteiger partial charge in [0.15, 0.2) is 0 Å². The number of halogens is 1. The molecule has 4 N–H and O–H groups in total. The third-order valence-corrected chi connectivity index (χ3v) is 5.51. The van der Waals surface area contributed by atoms with E-state index in [4.69, 9.17) is 10.5 Å². The number of aromatic nitrogens is 1. The number of rotatable bonds is 8. The first-order chi connectivity index (χ1) is 15.2. The van der Waals surface area contributed by atoms with Crippen LogP contribution >= 0.6 is 11.9 Å². The van der Waals surface area contributed by atoms with Crippen molar-refractivity contribution in [3.63, 3.8) is 0 Å². The second kappa shape index (κ2) is 9.78. The summed E-state index contributed by atoms with van der Waals surface area (Å²) in [5.41, 5.74) is 7.62. The normalized spacial score (nSPS) is 10.7. The number of nitrogens with zero attached hydrogens (tertiary/aromatic N) is 1. The maximum atomic E-state index is 14.4. The average molecular weight is 457 g/mol. The third kappa shape index (κ3) is 4.88. The quantitative estimate of drug-likeness (QED) is 0.419. The summed E-state index contributed by atoms with van der Waals surface area (Å²) >= 11 is 1.53. The summed E-state index contributed by atoms with van der Waals surface area (Å²) < 4.78 is 24.8. The predicted octanol–water partition coefficient (Wildman–Crippen LogP) is 4.86. The number of benzene rings is 2. The third-order valence-electron chi connectivity index (χ3n) is 4.86. The second-order valence-electron chi connectivity index (χ2n) is 7.17. The molecule has 0 radical (unpaired) electrons. The highest BCUT2D eigenvalue weighted by molar-refractivity contribution is 8.00. The number of primary amides is 1. The molecule has 0 aliphatic rings. The van der Waals surface area contributed by atoms with E-state index in [2.05, 4.69) is 10.0 Å². The standard InChI is InChI=1S/C23H25FN4O3S/c1-5-32-27-16-7-6-8-18(14(16)3)31-19-12-20(29)28(4)23(21(19)22(25)30)26-17-10-9-13(2)11-15(17)24/h6-12,26-27H,5H2,1-4H3,(H2,25,30). The summed E-state index contributed by atoms with van der Waals surface area (Å²) in [6, 6.07) is 11.2. The molecule has 3 aromatic rings. The Labute approximate surface area is 189 Å². The zero-order valence-electron chi connectivity index (χ0n) is 18.3. The molecule has 1 heterocycles. The van der Waals surface area contributed by atoms with E-state index in [1.54, 1.807) is 25.1 Å². The van der Waals surface area contributed by atoms with Crippen molar-refractivity contribution in [1.29, 1.82) is 0 Å². The van der Waals surface area contributed by atoms with Crippen LogP contribution in [0.4, 0.5) is 21.6 Å². The molecule has 9 heteroatoms. The topological polar surface area (TPSA) is 98.4 Å². The first kappa shape index (κ1) is 23.2. The number of ether oxygens (including phenoxy) is 1. The number of aryl methyl sites for hydroxylation is 1. The van der Waals surface area contributed by atoms with Gasteiger partial charge in [0.05, 0.1) is 11.4 Å². The Morgan fingerprint density at radius 2 is 1.91 bits per heavy atom. The van der Waals surface area contributed by atoms with E-state index in [9.17, 15) is 14.0 Å². The van der Waals surface area contributed by atoms with Gasteiger partial charge in [0, 0.05) is 24.4 Å². The van der Waals surface area contributed by atoms with Gasteiger partial charge < -0.3 is 20.5 Å². The van der Waals surface area contributed by atoms with Crippen molar-refractivity contribution < 1.29 is 13.9 Å². The van der Waals surface area contributed by atoms with Crippen LogP contribution in [0.3, 0.4) is 0 Å². The number of hydrogen-bond acceptors (Lipinski definition) is 6. The Balaban J connectivity index is 2.10. The lowest BCUT2D eigenvalue weighted by Gasteiger charge is -2.19. The summed E-state index contributed by atoms with van der Waals surface area (Å²) in [6.45, 7) is 5.65. The lowest BCUT2D eigenvalue weighted by Crippen LogP contribution is -2.25. The van der Waals surface area contributed by atoms with E-state index >= 15 is 0 Å². The van der Waals surface area contributed by atoms with Gasteiger partial charge in [-0.3, -0.25) is 14.2 Å². The van der Waals surface area contributed by atoms with Gasteiger partial charge in [0.1, 0.15) is 28.7 Å². The summed E-state index contributed by atoms with van der Waals surface area (Å²) in [7, 11) is 1.46. The van der Waals surface area contributed by atoms with Gasteiger partial charge in [0.25, 0.3) is 11.5 Å². The molecule has 0 unspecified atom stereocenters. The van der Waals surface area contributed by atoms with Gasteiger partial charge in [-0.1, -0.05) is 31.0 Å². The van der Waals surface area contributed by atoms with Crippen LogP contribution in [-0.4, -0.2) is 16.2 Å². The fourth-order valence-electron chi connectivity index (χ4n) is 3.09. The molecule has 0 bridgehead atoms. The van der Waals surface area contributed by atoms with Crippen LogP contribution in [-0.2, 0) is 7.05 Å². The minimum absolute atomic E-state index is 0.0148. The fraction of sp³-hybridized carbons (Fsp3) is 0.217. The minimum atomic E-state index is -0.820. The minimum Gasteiger partial charge on any atom is -0.456 e. The van der Waals surface area contributed by atoms with Crippen molar-refractivity contribution in [1.82, 2.24) is 4.57 Å². The summed E-state index contributed by atoms with van der Waals surface area (Å²) in [5.74, 6) is 0.00172. The van der Waals surface area contributed by atoms with Crippen LogP contribution in [0.15, 0.2) is 47.3 Å². The van der Waals surface area contributed by atoms with Crippen LogP contribution in [0.2, 0.25) is 0 Å². The Hall–Kier alpha value is -3.46. The molecule has 3 rings (SSSR count). The molecule has 168 valence electrons. The molecule has 0 atom stereocenters.